The van der Waals surface area contributed by atoms with E-state index < -0.39 is 23.8 Å². The predicted octanol–water partition coefficient (Wildman–Crippen LogP) is 8.97. The molecule has 0 aliphatic rings. The topological polar surface area (TPSA) is 127 Å². The summed E-state index contributed by atoms with van der Waals surface area (Å²) in [6, 6.07) is 38.2. The fourth-order valence-electron chi connectivity index (χ4n) is 5.32. The third kappa shape index (κ3) is 9.17. The lowest BCUT2D eigenvalue weighted by atomic mass is 9.98. The van der Waals surface area contributed by atoms with Gasteiger partial charge in [0.15, 0.2) is 0 Å². The molecule has 10 heteroatoms. The first-order valence-electron chi connectivity index (χ1n) is 16.0. The maximum Gasteiger partial charge on any atom is 0.305 e. The van der Waals surface area contributed by atoms with Crippen LogP contribution in [0, 0.1) is 0 Å². The number of amides is 2. The molecule has 2 amide bonds. The highest BCUT2D eigenvalue weighted by Crippen LogP contribution is 2.34. The lowest BCUT2D eigenvalue weighted by molar-refractivity contribution is -0.137. The fraction of sp³-hybridized carbons (Fsp3) is 0.0732. The molecule has 1 unspecified atom stereocenters. The Morgan fingerprint density at radius 2 is 1.45 bits per heavy atom. The van der Waals surface area contributed by atoms with Crippen LogP contribution in [0.1, 0.15) is 44.3 Å². The number of rotatable bonds is 13. The van der Waals surface area contributed by atoms with Gasteiger partial charge in [-0.2, -0.15) is 0 Å². The van der Waals surface area contributed by atoms with Crippen LogP contribution in [0.2, 0.25) is 5.02 Å². The minimum absolute atomic E-state index is 0.0761. The van der Waals surface area contributed by atoms with E-state index in [1.54, 1.807) is 54.9 Å². The number of halogens is 1. The van der Waals surface area contributed by atoms with Crippen LogP contribution >= 0.6 is 11.6 Å². The van der Waals surface area contributed by atoms with Crippen molar-refractivity contribution in [2.45, 2.75) is 19.1 Å². The Bertz CT molecular complexity index is 2130. The highest BCUT2D eigenvalue weighted by molar-refractivity contribution is 6.31. The van der Waals surface area contributed by atoms with Crippen LogP contribution in [0.4, 0.5) is 5.69 Å². The highest BCUT2D eigenvalue weighted by atomic mass is 35.5. The molecule has 6 aromatic rings. The number of anilines is 1. The van der Waals surface area contributed by atoms with Gasteiger partial charge in [0.2, 0.25) is 0 Å². The minimum atomic E-state index is -1.10. The molecule has 0 aliphatic carbocycles. The fourth-order valence-corrected chi connectivity index (χ4v) is 5.50. The van der Waals surface area contributed by atoms with Gasteiger partial charge in [-0.15, -0.1) is 0 Å². The number of carboxylic acids is 1. The summed E-state index contributed by atoms with van der Waals surface area (Å²) >= 11 is 6.27. The van der Waals surface area contributed by atoms with Gasteiger partial charge >= 0.3 is 5.97 Å². The monoisotopic (exact) mass is 697 g/mol. The zero-order valence-electron chi connectivity index (χ0n) is 27.2. The Balaban J connectivity index is 1.16. The summed E-state index contributed by atoms with van der Waals surface area (Å²) in [6.45, 7) is 0.349. The predicted molar refractivity (Wildman–Crippen MR) is 195 cm³/mol. The number of carbonyl (C=O) groups is 3. The summed E-state index contributed by atoms with van der Waals surface area (Å²) in [6.07, 6.45) is 2.99. The van der Waals surface area contributed by atoms with Gasteiger partial charge in [0.1, 0.15) is 23.9 Å². The van der Waals surface area contributed by atoms with Crippen molar-refractivity contribution in [3.63, 3.8) is 0 Å². The second kappa shape index (κ2) is 16.3. The molecule has 6 rings (SSSR count). The van der Waals surface area contributed by atoms with Crippen molar-refractivity contribution in [2.24, 2.45) is 0 Å². The van der Waals surface area contributed by atoms with Crippen LogP contribution in [0.15, 0.2) is 146 Å². The number of aromatic nitrogens is 1. The average molecular weight is 698 g/mol. The molecule has 254 valence electrons. The van der Waals surface area contributed by atoms with E-state index in [1.165, 1.54) is 12.1 Å². The quantitative estimate of drug-likeness (QED) is 0.110. The second-order valence-electron chi connectivity index (χ2n) is 11.5. The van der Waals surface area contributed by atoms with Gasteiger partial charge < -0.3 is 25.2 Å². The number of nitrogens with one attached hydrogen (secondary N) is 2. The van der Waals surface area contributed by atoms with Crippen LogP contribution < -0.4 is 20.1 Å². The van der Waals surface area contributed by atoms with Crippen molar-refractivity contribution in [1.29, 1.82) is 0 Å². The van der Waals surface area contributed by atoms with Crippen molar-refractivity contribution < 1.29 is 29.0 Å². The van der Waals surface area contributed by atoms with Crippen molar-refractivity contribution in [3.05, 3.63) is 173 Å². The molecule has 0 spiro atoms. The average Bonchev–Trinajstić information content (AvgIpc) is 3.15. The first-order chi connectivity index (χ1) is 24.8. The van der Waals surface area contributed by atoms with Gasteiger partial charge in [-0.1, -0.05) is 72.3 Å². The van der Waals surface area contributed by atoms with Crippen LogP contribution in [-0.2, 0) is 11.4 Å². The molecule has 9 nitrogen and oxygen atoms in total. The van der Waals surface area contributed by atoms with E-state index in [4.69, 9.17) is 21.1 Å². The molecule has 0 fully saturated rings. The van der Waals surface area contributed by atoms with Crippen LogP contribution in [-0.4, -0.2) is 27.9 Å². The SMILES string of the molecule is O=C(O)CC(NC(=O)c1cc(Cl)ccc1NC(=O)c1ccc(OCc2ccncc2)cc1)c1ccc(-c2ccccc2Oc2ccccc2)cc1. The zero-order valence-corrected chi connectivity index (χ0v) is 27.9. The summed E-state index contributed by atoms with van der Waals surface area (Å²) in [7, 11) is 0. The lowest BCUT2D eigenvalue weighted by Crippen LogP contribution is -2.31. The summed E-state index contributed by atoms with van der Waals surface area (Å²) in [5, 5.41) is 15.6. The molecule has 0 saturated carbocycles. The second-order valence-corrected chi connectivity index (χ2v) is 11.9. The maximum absolute atomic E-state index is 13.7. The zero-order chi connectivity index (χ0) is 35.6. The molecule has 3 N–H and O–H groups in total. The van der Waals surface area contributed by atoms with Gasteiger partial charge in [-0.3, -0.25) is 19.4 Å². The molecule has 1 atom stereocenters. The molecule has 0 radical (unpaired) electrons. The van der Waals surface area contributed by atoms with E-state index in [9.17, 15) is 19.5 Å². The molecule has 0 bridgehead atoms. The van der Waals surface area contributed by atoms with E-state index in [0.717, 1.165) is 16.7 Å². The van der Waals surface area contributed by atoms with Crippen LogP contribution in [0.25, 0.3) is 11.1 Å². The molecular weight excluding hydrogens is 666 g/mol. The van der Waals surface area contributed by atoms with Gasteiger partial charge in [0.05, 0.1) is 23.7 Å². The summed E-state index contributed by atoms with van der Waals surface area (Å²) in [4.78, 5) is 42.8. The van der Waals surface area contributed by atoms with Gasteiger partial charge in [-0.05, 0) is 89.5 Å². The molecule has 5 aromatic carbocycles. The number of hydrogen-bond donors (Lipinski definition) is 3. The number of hydrogen-bond acceptors (Lipinski definition) is 6. The van der Waals surface area contributed by atoms with Gasteiger partial charge in [0.25, 0.3) is 11.8 Å². The van der Waals surface area contributed by atoms with Crippen molar-refractivity contribution in [2.75, 3.05) is 5.32 Å². The molecule has 0 saturated heterocycles. The van der Waals surface area contributed by atoms with Crippen molar-refractivity contribution >= 4 is 35.1 Å². The number of ether oxygens (including phenoxy) is 2. The summed E-state index contributed by atoms with van der Waals surface area (Å²) in [5.74, 6) is -0.225. The highest BCUT2D eigenvalue weighted by Gasteiger charge is 2.22. The smallest absolute Gasteiger partial charge is 0.305 e. The Kier molecular flexibility index (Phi) is 11.0. The van der Waals surface area contributed by atoms with Crippen LogP contribution in [0.5, 0.6) is 17.2 Å². The largest absolute Gasteiger partial charge is 0.489 e. The third-order valence-electron chi connectivity index (χ3n) is 7.91. The standard InChI is InChI=1S/C41H32ClN3O6/c42-31-16-19-36(44-40(48)30-14-17-32(18-15-30)50-26-27-20-22-43-23-21-27)35(24-31)41(49)45-37(25-39(46)47)29-12-10-28(11-13-29)34-8-4-5-9-38(34)51-33-6-2-1-3-7-33/h1-24,37H,25-26H2,(H,44,48)(H,45,49)(H,46,47). The van der Waals surface area contributed by atoms with Crippen LogP contribution in [0.3, 0.4) is 0 Å². The first-order valence-corrected chi connectivity index (χ1v) is 16.4. The molecule has 1 aromatic heterocycles. The Hall–Kier alpha value is -6.45. The van der Waals surface area contributed by atoms with Crippen molar-refractivity contribution in [3.8, 4) is 28.4 Å². The molecule has 0 aliphatic heterocycles. The Morgan fingerprint density at radius 3 is 2.18 bits per heavy atom. The van der Waals surface area contributed by atoms with Crippen molar-refractivity contribution in [1.82, 2.24) is 10.3 Å². The van der Waals surface area contributed by atoms with E-state index >= 15 is 0 Å². The number of pyridine rings is 1. The lowest BCUT2D eigenvalue weighted by Gasteiger charge is -2.20. The third-order valence-corrected chi connectivity index (χ3v) is 8.15. The number of para-hydroxylation sites is 2. The number of benzene rings is 5. The van der Waals surface area contributed by atoms with Gasteiger partial charge in [0, 0.05) is 28.5 Å². The number of aliphatic carboxylic acids is 1. The summed E-state index contributed by atoms with van der Waals surface area (Å²) in [5.41, 5.74) is 3.85. The molecular formula is C41H32ClN3O6. The Labute approximate surface area is 299 Å². The number of carboxylic acid groups (broad SMARTS) is 1. The Morgan fingerprint density at radius 1 is 0.745 bits per heavy atom. The van der Waals surface area contributed by atoms with E-state index in [1.807, 2.05) is 78.9 Å². The van der Waals surface area contributed by atoms with Gasteiger partial charge in [-0.25, -0.2) is 0 Å². The normalized spacial score (nSPS) is 11.2. The minimum Gasteiger partial charge on any atom is -0.489 e. The maximum atomic E-state index is 13.7. The number of nitrogens with zero attached hydrogens (tertiary/aromatic N) is 1. The summed E-state index contributed by atoms with van der Waals surface area (Å²) < 4.78 is 11.9. The van der Waals surface area contributed by atoms with E-state index in [0.29, 0.717) is 35.0 Å². The molecule has 1 heterocycles. The van der Waals surface area contributed by atoms with E-state index in [2.05, 4.69) is 15.6 Å². The first kappa shape index (κ1) is 34.4. The van der Waals surface area contributed by atoms with E-state index in [-0.39, 0.29) is 22.7 Å². The molecule has 51 heavy (non-hydrogen) atoms. The number of carbonyl (C=O) groups excluding carboxylic acids is 2.